The minimum Gasteiger partial charge on any atom is -0.270 e. The SMILES string of the molecule is O=P1(c2cc(-c3cc(-c4ccccc4)cc(-c4ccccc4)c3)cc([P+]3(O)N(c4ccccc4)c4ccccc4N3c3ccccc3)c2)N(c2ccccc2)c2ccccc2N1c1ccccc1. The van der Waals surface area contributed by atoms with Gasteiger partial charge in [-0.25, -0.2) is 0 Å². The molecule has 6 nitrogen and oxygen atoms in total. The molecule has 0 atom stereocenters. The Kier molecular flexibility index (Phi) is 10.4. The minimum absolute atomic E-state index is 0.575. The summed E-state index contributed by atoms with van der Waals surface area (Å²) in [5.41, 5.74) is 12.7. The van der Waals surface area contributed by atoms with Gasteiger partial charge in [0.2, 0.25) is 0 Å². The monoisotopic (exact) mass is 915 g/mol. The van der Waals surface area contributed by atoms with Crippen LogP contribution in [0.3, 0.4) is 0 Å². The van der Waals surface area contributed by atoms with Crippen LogP contribution in [0.4, 0.5) is 45.5 Å². The van der Waals surface area contributed by atoms with Gasteiger partial charge in [-0.1, -0.05) is 158 Å². The molecule has 8 heteroatoms. The van der Waals surface area contributed by atoms with E-state index in [-0.39, 0.29) is 0 Å². The second kappa shape index (κ2) is 17.0. The van der Waals surface area contributed by atoms with E-state index in [0.717, 1.165) is 78.9 Å². The molecule has 326 valence electrons. The Morgan fingerprint density at radius 3 is 1.01 bits per heavy atom. The lowest BCUT2D eigenvalue weighted by atomic mass is 9.93. The van der Waals surface area contributed by atoms with Crippen LogP contribution in [0.2, 0.25) is 0 Å². The van der Waals surface area contributed by atoms with Crippen molar-refractivity contribution in [3.8, 4) is 33.4 Å². The van der Waals surface area contributed by atoms with E-state index < -0.39 is 15.2 Å². The first-order valence-electron chi connectivity index (χ1n) is 22.8. The summed E-state index contributed by atoms with van der Waals surface area (Å²) in [6, 6.07) is 90.6. The first-order valence-corrected chi connectivity index (χ1v) is 26.0. The summed E-state index contributed by atoms with van der Waals surface area (Å²) in [5.74, 6) is 0. The Morgan fingerprint density at radius 2 is 0.618 bits per heavy atom. The van der Waals surface area contributed by atoms with E-state index in [4.69, 9.17) is 0 Å². The molecule has 0 aliphatic carbocycles. The molecule has 1 N–H and O–H groups in total. The van der Waals surface area contributed by atoms with Crippen molar-refractivity contribution in [1.29, 1.82) is 0 Å². The van der Waals surface area contributed by atoms with Crippen LogP contribution in [-0.4, -0.2) is 4.89 Å². The molecule has 0 radical (unpaired) electrons. The molecule has 0 fully saturated rings. The van der Waals surface area contributed by atoms with Crippen LogP contribution >= 0.6 is 15.2 Å². The fraction of sp³-hybridized carbons (Fsp3) is 0. The summed E-state index contributed by atoms with van der Waals surface area (Å²) in [5, 5.41) is 1.22. The molecule has 2 aliphatic heterocycles. The lowest BCUT2D eigenvalue weighted by Gasteiger charge is -2.35. The molecule has 0 bridgehead atoms. The molecule has 2 aliphatic rings. The molecular weight excluding hydrogens is 871 g/mol. The van der Waals surface area contributed by atoms with E-state index in [1.165, 1.54) is 0 Å². The van der Waals surface area contributed by atoms with Crippen LogP contribution in [0.25, 0.3) is 33.4 Å². The number of anilines is 8. The molecule has 12 rings (SSSR count). The zero-order valence-electron chi connectivity index (χ0n) is 36.9. The van der Waals surface area contributed by atoms with E-state index in [2.05, 4.69) is 137 Å². The van der Waals surface area contributed by atoms with Crippen molar-refractivity contribution >= 4 is 71.3 Å². The number of hydrogen-bond acceptors (Lipinski definition) is 4. The predicted molar refractivity (Wildman–Crippen MR) is 286 cm³/mol. The van der Waals surface area contributed by atoms with E-state index in [0.29, 0.717) is 10.6 Å². The second-order valence-electron chi connectivity index (χ2n) is 16.9. The lowest BCUT2D eigenvalue weighted by Crippen LogP contribution is -2.35. The molecular formula is C60H45N4O2P2+. The van der Waals surface area contributed by atoms with Gasteiger partial charge in [-0.15, -0.1) is 0 Å². The normalized spacial score (nSPS) is 14.4. The average molecular weight is 916 g/mol. The Morgan fingerprint density at radius 1 is 0.309 bits per heavy atom. The molecule has 68 heavy (non-hydrogen) atoms. The third-order valence-corrected chi connectivity index (χ3v) is 18.7. The number of hydrogen-bond donors (Lipinski definition) is 1. The second-order valence-corrected chi connectivity index (χ2v) is 21.8. The summed E-state index contributed by atoms with van der Waals surface area (Å²) in [4.78, 5) is 14.6. The summed E-state index contributed by atoms with van der Waals surface area (Å²) >= 11 is 0. The van der Waals surface area contributed by atoms with Crippen molar-refractivity contribution in [3.63, 3.8) is 0 Å². The van der Waals surface area contributed by atoms with E-state index in [1.807, 2.05) is 149 Å². The third-order valence-electron chi connectivity index (χ3n) is 12.8. The maximum atomic E-state index is 17.6. The molecule has 0 spiro atoms. The summed E-state index contributed by atoms with van der Waals surface area (Å²) in [6.45, 7) is 0. The van der Waals surface area contributed by atoms with Crippen LogP contribution in [0, 0.1) is 0 Å². The van der Waals surface area contributed by atoms with Gasteiger partial charge in [0.05, 0.1) is 28.1 Å². The van der Waals surface area contributed by atoms with Crippen LogP contribution in [-0.2, 0) is 4.57 Å². The smallest absolute Gasteiger partial charge is 0.270 e. The molecule has 0 amide bonds. The number of nitrogens with zero attached hydrogens (tertiary/aromatic N) is 4. The van der Waals surface area contributed by atoms with Gasteiger partial charge in [0.15, 0.2) is 5.30 Å². The van der Waals surface area contributed by atoms with Gasteiger partial charge < -0.3 is 0 Å². The Balaban J connectivity index is 1.20. The molecule has 0 saturated heterocycles. The van der Waals surface area contributed by atoms with Crippen LogP contribution in [0.1, 0.15) is 0 Å². The van der Waals surface area contributed by atoms with Crippen molar-refractivity contribution < 1.29 is 9.46 Å². The maximum absolute atomic E-state index is 17.6. The topological polar surface area (TPSA) is 50.3 Å². The van der Waals surface area contributed by atoms with Crippen molar-refractivity contribution in [1.82, 2.24) is 0 Å². The number of rotatable bonds is 9. The van der Waals surface area contributed by atoms with E-state index in [9.17, 15) is 4.89 Å². The number of para-hydroxylation sites is 8. The van der Waals surface area contributed by atoms with Crippen molar-refractivity contribution in [2.45, 2.75) is 0 Å². The molecule has 0 unspecified atom stereocenters. The first kappa shape index (κ1) is 41.5. The molecule has 0 saturated carbocycles. The molecule has 2 heterocycles. The number of fused-ring (bicyclic) bond motifs is 2. The van der Waals surface area contributed by atoms with Gasteiger partial charge in [0.1, 0.15) is 11.4 Å². The first-order chi connectivity index (χ1) is 33.5. The highest BCUT2D eigenvalue weighted by atomic mass is 31.2. The Labute approximate surface area is 397 Å². The summed E-state index contributed by atoms with van der Waals surface area (Å²) in [6.07, 6.45) is 0. The van der Waals surface area contributed by atoms with Crippen LogP contribution in [0.5, 0.6) is 0 Å². The van der Waals surface area contributed by atoms with Gasteiger partial charge in [-0.3, -0.25) is 13.9 Å². The Bertz CT molecular complexity index is 3280. The van der Waals surface area contributed by atoms with Crippen molar-refractivity contribution in [2.75, 3.05) is 18.7 Å². The highest BCUT2D eigenvalue weighted by Gasteiger charge is 2.62. The fourth-order valence-electron chi connectivity index (χ4n) is 9.84. The van der Waals surface area contributed by atoms with E-state index >= 15 is 4.57 Å². The lowest BCUT2D eigenvalue weighted by molar-refractivity contribution is 0.582. The third kappa shape index (κ3) is 6.84. The molecule has 10 aromatic carbocycles. The largest absolute Gasteiger partial charge is 0.376 e. The van der Waals surface area contributed by atoms with Gasteiger partial charge in [0.25, 0.3) is 0 Å². The fourth-order valence-corrected chi connectivity index (χ4v) is 16.1. The highest BCUT2D eigenvalue weighted by molar-refractivity contribution is 7.82. The van der Waals surface area contributed by atoms with Crippen LogP contribution in [0.15, 0.2) is 267 Å². The van der Waals surface area contributed by atoms with Crippen molar-refractivity contribution in [3.05, 3.63) is 267 Å². The summed E-state index contributed by atoms with van der Waals surface area (Å²) in [7, 11) is -7.72. The minimum atomic E-state index is -3.97. The highest BCUT2D eigenvalue weighted by Crippen LogP contribution is 2.76. The predicted octanol–water partition coefficient (Wildman–Crippen LogP) is 15.9. The summed E-state index contributed by atoms with van der Waals surface area (Å²) < 4.78 is 26.0. The zero-order chi connectivity index (χ0) is 45.7. The quantitative estimate of drug-likeness (QED) is 0.146. The Hall–Kier alpha value is -7.98. The van der Waals surface area contributed by atoms with E-state index in [1.54, 1.807) is 0 Å². The average Bonchev–Trinajstić information content (AvgIpc) is 3.85. The zero-order valence-corrected chi connectivity index (χ0v) is 38.7. The van der Waals surface area contributed by atoms with Crippen molar-refractivity contribution in [2.24, 2.45) is 0 Å². The maximum Gasteiger partial charge on any atom is 0.376 e. The van der Waals surface area contributed by atoms with Gasteiger partial charge in [0, 0.05) is 17.4 Å². The van der Waals surface area contributed by atoms with Gasteiger partial charge in [-0.05, 0) is 137 Å². The molecule has 0 aromatic heterocycles. The number of benzene rings is 10. The standard InChI is InChI=1S/C60H45N4O2P2/c65-67(61(51-27-11-3-12-28-51)57-35-19-20-36-58(57)62(67)52-29-13-4-14-30-52)55-42-50(49-40-47(45-23-7-1-8-24-45)39-48(41-49)46-25-9-2-10-26-46)43-56(44-55)68(66)63(53-31-15-5-16-32-53)59-37-21-22-38-60(59)64(68)54-33-17-6-18-34-54/h1-44,65H/q+1. The molecule has 10 aromatic rings. The van der Waals surface area contributed by atoms with Gasteiger partial charge in [-0.2, -0.15) is 14.2 Å². The van der Waals surface area contributed by atoms with Gasteiger partial charge >= 0.3 is 15.2 Å². The van der Waals surface area contributed by atoms with Crippen LogP contribution < -0.4 is 29.3 Å².